The van der Waals surface area contributed by atoms with Crippen molar-refractivity contribution in [1.82, 2.24) is 30.7 Å². The largest absolute Gasteiger partial charge is 0.392 e. The Bertz CT molecular complexity index is 1590. The second-order valence-corrected chi connectivity index (χ2v) is 18.0. The van der Waals surface area contributed by atoms with Crippen molar-refractivity contribution in [2.24, 2.45) is 0 Å². The average molecular weight is 733 g/mol. The number of carbonyl (C=O) groups is 4. The zero-order chi connectivity index (χ0) is 34.3. The topological polar surface area (TPSA) is 155 Å². The third-order valence-electron chi connectivity index (χ3n) is 9.60. The summed E-state index contributed by atoms with van der Waals surface area (Å²) in [6.07, 6.45) is 1.71. The maximum atomic E-state index is 13.3. The lowest BCUT2D eigenvalue weighted by Crippen LogP contribution is -2.77. The van der Waals surface area contributed by atoms with Crippen LogP contribution in [0.2, 0.25) is 0 Å². The van der Waals surface area contributed by atoms with Gasteiger partial charge in [-0.25, -0.2) is 0 Å². The van der Waals surface area contributed by atoms with E-state index in [-0.39, 0.29) is 23.6 Å². The molecular weight excluding hydrogens is 693 g/mol. The summed E-state index contributed by atoms with van der Waals surface area (Å²) >= 11 is 0. The van der Waals surface area contributed by atoms with Gasteiger partial charge in [0.1, 0.15) is 0 Å². The maximum absolute atomic E-state index is 13.3. The predicted molar refractivity (Wildman–Crippen MR) is 190 cm³/mol. The molecule has 6 heterocycles. The van der Waals surface area contributed by atoms with Crippen LogP contribution < -0.4 is 16.0 Å². The number of likely N-dealkylation sites (N-methyl/N-ethyl adjacent to an activating group) is 3. The summed E-state index contributed by atoms with van der Waals surface area (Å²) < 4.78 is 0. The summed E-state index contributed by atoms with van der Waals surface area (Å²) in [5.41, 5.74) is 4.17. The lowest BCUT2D eigenvalue weighted by molar-refractivity contribution is -0.165. The van der Waals surface area contributed by atoms with Crippen molar-refractivity contribution in [2.45, 2.75) is 51.8 Å². The van der Waals surface area contributed by atoms with Gasteiger partial charge in [-0.15, -0.1) is 0 Å². The summed E-state index contributed by atoms with van der Waals surface area (Å²) in [6, 6.07) is 16.2. The van der Waals surface area contributed by atoms with Gasteiger partial charge in [-0.1, -0.05) is 70.1 Å². The van der Waals surface area contributed by atoms with Crippen LogP contribution in [-0.4, -0.2) is 115 Å². The van der Waals surface area contributed by atoms with Crippen molar-refractivity contribution in [3.8, 4) is 0 Å². The molecule has 0 aliphatic carbocycles. The highest BCUT2D eigenvalue weighted by Gasteiger charge is 2.67. The Kier molecular flexibility index (Phi) is 10.1. The standard InChI is InChI=1S/C32H40N6O6S4/c1-36-26(42)29(19-39)35-25(41)30(36,46-45-29)15-21-5-9-23(10-6-21)17-33-13-4-14-34-18-24-11-7-22(8-12-24)16-31-27(43)38(3)32(20-40,48-47-31)28(44)37(31)2/h5-12,33-34,39-40H,4,13-20H2,1-3H3,(H,35,41)/t29-,30-,31-,32-/m0/s1. The van der Waals surface area contributed by atoms with Crippen LogP contribution in [0.3, 0.4) is 0 Å². The van der Waals surface area contributed by atoms with E-state index >= 15 is 0 Å². The summed E-state index contributed by atoms with van der Waals surface area (Å²) in [5.74, 6) is -0.955. The van der Waals surface area contributed by atoms with Crippen molar-refractivity contribution in [1.29, 1.82) is 0 Å². The fourth-order valence-electron chi connectivity index (χ4n) is 6.36. The first-order valence-electron chi connectivity index (χ1n) is 15.7. The first-order chi connectivity index (χ1) is 23.0. The molecule has 48 heavy (non-hydrogen) atoms. The number of fused-ring (bicyclic) bond motifs is 6. The second kappa shape index (κ2) is 13.7. The highest BCUT2D eigenvalue weighted by Crippen LogP contribution is 2.59. The number of hydrogen-bond donors (Lipinski definition) is 5. The Morgan fingerprint density at radius 3 is 1.56 bits per heavy atom. The number of piperazine rings is 2. The van der Waals surface area contributed by atoms with Gasteiger partial charge in [0.25, 0.3) is 23.6 Å². The molecule has 12 nitrogen and oxygen atoms in total. The number of nitrogens with one attached hydrogen (secondary N) is 3. The minimum Gasteiger partial charge on any atom is -0.392 e. The smallest absolute Gasteiger partial charge is 0.263 e. The van der Waals surface area contributed by atoms with Crippen LogP contribution in [0.25, 0.3) is 0 Å². The molecule has 0 unspecified atom stereocenters. The van der Waals surface area contributed by atoms with Crippen LogP contribution in [-0.2, 0) is 45.1 Å². The minimum absolute atomic E-state index is 0.168. The zero-order valence-electron chi connectivity index (χ0n) is 27.0. The van der Waals surface area contributed by atoms with Gasteiger partial charge >= 0.3 is 0 Å². The van der Waals surface area contributed by atoms with Crippen LogP contribution in [0.1, 0.15) is 28.7 Å². The van der Waals surface area contributed by atoms with Crippen LogP contribution in [0, 0.1) is 0 Å². The lowest BCUT2D eigenvalue weighted by Gasteiger charge is -2.58. The second-order valence-electron chi connectivity index (χ2n) is 12.6. The number of nitrogens with zero attached hydrogens (tertiary/aromatic N) is 3. The fraction of sp³-hybridized carbons (Fsp3) is 0.500. The molecule has 0 radical (unpaired) electrons. The molecule has 4 atom stereocenters. The predicted octanol–water partition coefficient (Wildman–Crippen LogP) is 1.12. The number of hydrogen-bond acceptors (Lipinski definition) is 12. The van der Waals surface area contributed by atoms with Crippen molar-refractivity contribution >= 4 is 66.8 Å². The van der Waals surface area contributed by atoms with Gasteiger partial charge in [-0.05, 0) is 63.4 Å². The molecule has 0 spiro atoms. The molecule has 0 aromatic heterocycles. The van der Waals surface area contributed by atoms with E-state index in [1.807, 2.05) is 48.5 Å². The van der Waals surface area contributed by atoms with Gasteiger partial charge < -0.3 is 40.9 Å². The molecule has 4 amide bonds. The summed E-state index contributed by atoms with van der Waals surface area (Å²) in [5, 5.41) is 29.3. The summed E-state index contributed by atoms with van der Waals surface area (Å²) in [4.78, 5) is 51.9. The van der Waals surface area contributed by atoms with E-state index < -0.39 is 32.7 Å². The molecule has 6 saturated heterocycles. The van der Waals surface area contributed by atoms with Gasteiger partial charge in [0.2, 0.25) is 4.87 Å². The molecule has 16 heteroatoms. The molecule has 2 aromatic carbocycles. The third kappa shape index (κ3) is 5.81. The van der Waals surface area contributed by atoms with Crippen LogP contribution >= 0.6 is 43.2 Å². The molecule has 5 N–H and O–H groups in total. The normalized spacial score (nSPS) is 29.6. The SMILES string of the molecule is CN1C(=O)[C@@]2(CO)NC(=O)[C@]1(Cc1ccc(CNCCCNCc3ccc(C[C@@]45SS[C@@](CO)(C(=O)N4C)N(C)C5=O)cc3)cc1)SS2. The van der Waals surface area contributed by atoms with E-state index in [1.165, 1.54) is 57.9 Å². The Labute approximate surface area is 295 Å². The van der Waals surface area contributed by atoms with Gasteiger partial charge in [0.15, 0.2) is 14.6 Å². The number of aliphatic hydroxyl groups is 2. The van der Waals surface area contributed by atoms with Gasteiger partial charge in [-0.2, -0.15) is 0 Å². The molecule has 2 aromatic rings. The minimum atomic E-state index is -1.29. The first-order valence-corrected chi connectivity index (χ1v) is 20.0. The molecule has 8 rings (SSSR count). The van der Waals surface area contributed by atoms with E-state index in [4.69, 9.17) is 0 Å². The van der Waals surface area contributed by atoms with Crippen molar-refractivity contribution in [3.05, 3.63) is 70.8 Å². The monoisotopic (exact) mass is 732 g/mol. The molecule has 6 aliphatic rings. The first kappa shape index (κ1) is 35.4. The number of rotatable bonds is 14. The Balaban J connectivity index is 0.908. The van der Waals surface area contributed by atoms with E-state index in [2.05, 4.69) is 16.0 Å². The van der Waals surface area contributed by atoms with Crippen LogP contribution in [0.5, 0.6) is 0 Å². The quantitative estimate of drug-likeness (QED) is 0.140. The third-order valence-corrected chi connectivity index (χ3v) is 16.9. The Hall–Kier alpha value is -2.44. The molecule has 4 bridgehead atoms. The number of carbonyl (C=O) groups excluding carboxylic acids is 4. The fourth-order valence-corrected chi connectivity index (χ4v) is 13.3. The molecular formula is C32H40N6O6S4. The van der Waals surface area contributed by atoms with E-state index in [1.54, 1.807) is 21.1 Å². The molecule has 0 saturated carbocycles. The van der Waals surface area contributed by atoms with Crippen LogP contribution in [0.4, 0.5) is 0 Å². The van der Waals surface area contributed by atoms with E-state index in [0.29, 0.717) is 25.9 Å². The number of benzene rings is 2. The Morgan fingerprint density at radius 1 is 0.604 bits per heavy atom. The lowest BCUT2D eigenvalue weighted by atomic mass is 9.97. The van der Waals surface area contributed by atoms with Crippen molar-refractivity contribution in [2.75, 3.05) is 47.4 Å². The maximum Gasteiger partial charge on any atom is 0.263 e. The van der Waals surface area contributed by atoms with Gasteiger partial charge in [0, 0.05) is 47.1 Å². The van der Waals surface area contributed by atoms with E-state index in [9.17, 15) is 29.4 Å². The molecule has 6 fully saturated rings. The molecule has 258 valence electrons. The average Bonchev–Trinajstić information content (AvgIpc) is 3.10. The van der Waals surface area contributed by atoms with Crippen LogP contribution in [0.15, 0.2) is 48.5 Å². The summed E-state index contributed by atoms with van der Waals surface area (Å²) in [7, 11) is 10.0. The van der Waals surface area contributed by atoms with Crippen molar-refractivity contribution < 1.29 is 29.4 Å². The highest BCUT2D eigenvalue weighted by atomic mass is 33.1. The Morgan fingerprint density at radius 2 is 1.04 bits per heavy atom. The van der Waals surface area contributed by atoms with Crippen molar-refractivity contribution in [3.63, 3.8) is 0 Å². The van der Waals surface area contributed by atoms with E-state index in [0.717, 1.165) is 41.8 Å². The number of aliphatic hydroxyl groups excluding tert-OH is 2. The zero-order valence-corrected chi connectivity index (χ0v) is 30.3. The highest BCUT2D eigenvalue weighted by molar-refractivity contribution is 8.78. The van der Waals surface area contributed by atoms with Gasteiger partial charge in [-0.3, -0.25) is 19.2 Å². The van der Waals surface area contributed by atoms with Gasteiger partial charge in [0.05, 0.1) is 13.2 Å². The summed E-state index contributed by atoms with van der Waals surface area (Å²) in [6.45, 7) is 2.26. The molecule has 6 aliphatic heterocycles. The number of amides is 4.